The van der Waals surface area contributed by atoms with Gasteiger partial charge < -0.3 is 10.8 Å². The van der Waals surface area contributed by atoms with Crippen LogP contribution in [-0.4, -0.2) is 23.9 Å². The molecular weight excluding hydrogens is 321 g/mol. The molecule has 0 spiro atoms. The maximum atomic E-state index is 10.4. The van der Waals surface area contributed by atoms with Crippen molar-refractivity contribution in [3.63, 3.8) is 0 Å². The van der Waals surface area contributed by atoms with Gasteiger partial charge in [0.15, 0.2) is 0 Å². The molecule has 136 valence electrons. The Morgan fingerprint density at radius 2 is 1.62 bits per heavy atom. The quantitative estimate of drug-likeness (QED) is 0.388. The standard InChI is InChI=1S/C19H33NO3P/c1-2-3-4-5-6-7-8-17-9-11-18(12-10-17)13-14-19(20,15-21)16-23-24-22/h9-12,21,24H,2-8,13-16,20H2,1H3/q+1. The van der Waals surface area contributed by atoms with Crippen molar-refractivity contribution >= 4 is 8.69 Å². The van der Waals surface area contributed by atoms with E-state index in [9.17, 15) is 9.67 Å². The molecule has 0 aliphatic carbocycles. The predicted molar refractivity (Wildman–Crippen MR) is 101 cm³/mol. The van der Waals surface area contributed by atoms with Crippen LogP contribution in [0.3, 0.4) is 0 Å². The van der Waals surface area contributed by atoms with Gasteiger partial charge in [-0.15, -0.1) is 4.52 Å². The average Bonchev–Trinajstić information content (AvgIpc) is 2.62. The van der Waals surface area contributed by atoms with Gasteiger partial charge in [-0.2, -0.15) is 0 Å². The van der Waals surface area contributed by atoms with Crippen molar-refractivity contribution in [2.75, 3.05) is 13.2 Å². The third-order valence-electron chi connectivity index (χ3n) is 4.49. The van der Waals surface area contributed by atoms with E-state index in [1.165, 1.54) is 49.7 Å². The summed E-state index contributed by atoms with van der Waals surface area (Å²) in [4.78, 5) is 0. The van der Waals surface area contributed by atoms with Crippen LogP contribution in [0.2, 0.25) is 0 Å². The maximum Gasteiger partial charge on any atom is 0.494 e. The number of rotatable bonds is 14. The number of aliphatic hydroxyl groups is 1. The average molecular weight is 354 g/mol. The van der Waals surface area contributed by atoms with E-state index >= 15 is 0 Å². The maximum absolute atomic E-state index is 10.4. The van der Waals surface area contributed by atoms with E-state index in [1.807, 2.05) is 0 Å². The Labute approximate surface area is 148 Å². The molecule has 0 saturated heterocycles. The molecule has 0 amide bonds. The Morgan fingerprint density at radius 1 is 1.04 bits per heavy atom. The monoisotopic (exact) mass is 354 g/mol. The van der Waals surface area contributed by atoms with Crippen LogP contribution in [0.15, 0.2) is 24.3 Å². The lowest BCUT2D eigenvalue weighted by atomic mass is 9.93. The molecule has 4 nitrogen and oxygen atoms in total. The summed E-state index contributed by atoms with van der Waals surface area (Å²) < 4.78 is 15.3. The van der Waals surface area contributed by atoms with E-state index in [2.05, 4.69) is 31.2 Å². The van der Waals surface area contributed by atoms with Crippen LogP contribution in [0, 0.1) is 0 Å². The first kappa shape index (κ1) is 21.2. The van der Waals surface area contributed by atoms with Crippen molar-refractivity contribution in [3.05, 3.63) is 35.4 Å². The van der Waals surface area contributed by atoms with Crippen LogP contribution < -0.4 is 5.73 Å². The molecule has 0 fully saturated rings. The van der Waals surface area contributed by atoms with Gasteiger partial charge in [0, 0.05) is 0 Å². The molecule has 1 aromatic carbocycles. The van der Waals surface area contributed by atoms with E-state index in [1.54, 1.807) is 0 Å². The molecule has 2 atom stereocenters. The van der Waals surface area contributed by atoms with Gasteiger partial charge in [-0.05, 0) is 41.4 Å². The summed E-state index contributed by atoms with van der Waals surface area (Å²) >= 11 is 0. The molecule has 0 aliphatic rings. The molecule has 1 aromatic rings. The summed E-state index contributed by atoms with van der Waals surface area (Å²) in [6.45, 7) is 2.18. The van der Waals surface area contributed by atoms with E-state index in [4.69, 9.17) is 10.3 Å². The zero-order valence-electron chi connectivity index (χ0n) is 14.9. The van der Waals surface area contributed by atoms with Crippen LogP contribution in [0.1, 0.15) is 63.0 Å². The first-order valence-electron chi connectivity index (χ1n) is 9.10. The second-order valence-corrected chi connectivity index (χ2v) is 7.18. The second kappa shape index (κ2) is 12.5. The SMILES string of the molecule is CCCCCCCCc1ccc(CCC(N)(CO)CO[PH+]=O)cc1. The fourth-order valence-electron chi connectivity index (χ4n) is 2.75. The lowest BCUT2D eigenvalue weighted by Crippen LogP contribution is -2.47. The van der Waals surface area contributed by atoms with Gasteiger partial charge in [0.2, 0.25) is 0 Å². The van der Waals surface area contributed by atoms with Crippen LogP contribution in [0.5, 0.6) is 0 Å². The first-order chi connectivity index (χ1) is 11.6. The zero-order valence-corrected chi connectivity index (χ0v) is 15.9. The van der Waals surface area contributed by atoms with Crippen molar-refractivity contribution in [3.8, 4) is 0 Å². The number of hydrogen-bond acceptors (Lipinski definition) is 4. The van der Waals surface area contributed by atoms with Gasteiger partial charge in [0.05, 0.1) is 12.1 Å². The molecule has 0 radical (unpaired) electrons. The number of aliphatic hydroxyl groups excluding tert-OH is 1. The molecule has 1 rings (SSSR count). The highest BCUT2D eigenvalue weighted by Gasteiger charge is 2.26. The smallest absolute Gasteiger partial charge is 0.394 e. The molecule has 0 aromatic heterocycles. The van der Waals surface area contributed by atoms with Gasteiger partial charge in [0.25, 0.3) is 0 Å². The minimum absolute atomic E-state index is 0.113. The van der Waals surface area contributed by atoms with Gasteiger partial charge in [0.1, 0.15) is 6.61 Å². The zero-order chi connectivity index (χ0) is 17.7. The number of benzene rings is 1. The summed E-state index contributed by atoms with van der Waals surface area (Å²) in [5.74, 6) is 0. The fraction of sp³-hybridized carbons (Fsp3) is 0.684. The normalized spacial score (nSPS) is 14.0. The number of nitrogens with two attached hydrogens (primary N) is 1. The lowest BCUT2D eigenvalue weighted by Gasteiger charge is -2.24. The Kier molecular flexibility index (Phi) is 11.1. The van der Waals surface area contributed by atoms with Crippen LogP contribution in [-0.2, 0) is 21.9 Å². The van der Waals surface area contributed by atoms with Crippen LogP contribution >= 0.6 is 8.69 Å². The van der Waals surface area contributed by atoms with Crippen LogP contribution in [0.4, 0.5) is 0 Å². The van der Waals surface area contributed by atoms with E-state index < -0.39 is 14.2 Å². The highest BCUT2D eigenvalue weighted by Crippen LogP contribution is 2.16. The minimum Gasteiger partial charge on any atom is -0.394 e. The molecule has 0 aliphatic heterocycles. The topological polar surface area (TPSA) is 72.6 Å². The van der Waals surface area contributed by atoms with Crippen molar-refractivity contribution < 1.29 is 14.2 Å². The molecule has 24 heavy (non-hydrogen) atoms. The molecule has 0 saturated carbocycles. The minimum atomic E-state index is -0.839. The molecule has 0 heterocycles. The summed E-state index contributed by atoms with van der Waals surface area (Å²) in [5.41, 5.74) is 7.83. The van der Waals surface area contributed by atoms with Gasteiger partial charge in [-0.1, -0.05) is 63.3 Å². The van der Waals surface area contributed by atoms with Crippen molar-refractivity contribution in [2.45, 2.75) is 70.3 Å². The third kappa shape index (κ3) is 8.89. The van der Waals surface area contributed by atoms with Crippen molar-refractivity contribution in [1.29, 1.82) is 0 Å². The Bertz CT molecular complexity index is 452. The number of unbranched alkanes of at least 4 members (excludes halogenated alkanes) is 5. The van der Waals surface area contributed by atoms with Crippen molar-refractivity contribution in [2.24, 2.45) is 5.73 Å². The molecule has 3 N–H and O–H groups in total. The molecule has 5 heteroatoms. The largest absolute Gasteiger partial charge is 0.494 e. The Balaban J connectivity index is 2.32. The number of hydrogen-bond donors (Lipinski definition) is 2. The molecule has 2 unspecified atom stereocenters. The summed E-state index contributed by atoms with van der Waals surface area (Å²) in [7, 11) is -0.839. The summed E-state index contributed by atoms with van der Waals surface area (Å²) in [6, 6.07) is 8.66. The first-order valence-corrected chi connectivity index (χ1v) is 9.91. The predicted octanol–water partition coefficient (Wildman–Crippen LogP) is 4.17. The van der Waals surface area contributed by atoms with E-state index in [-0.39, 0.29) is 13.2 Å². The van der Waals surface area contributed by atoms with E-state index in [0.29, 0.717) is 6.42 Å². The molecular formula is C19H33NO3P+. The number of aryl methyl sites for hydroxylation is 2. The summed E-state index contributed by atoms with van der Waals surface area (Å²) in [6.07, 6.45) is 10.4. The van der Waals surface area contributed by atoms with Crippen LogP contribution in [0.25, 0.3) is 0 Å². The second-order valence-electron chi connectivity index (χ2n) is 6.73. The van der Waals surface area contributed by atoms with E-state index in [0.717, 1.165) is 12.8 Å². The molecule has 0 bridgehead atoms. The van der Waals surface area contributed by atoms with Gasteiger partial charge in [-0.25, -0.2) is 0 Å². The highest BCUT2D eigenvalue weighted by molar-refractivity contribution is 7.17. The highest BCUT2D eigenvalue weighted by atomic mass is 31.1. The fourth-order valence-corrected chi connectivity index (χ4v) is 3.09. The Hall–Kier alpha value is -0.800. The van der Waals surface area contributed by atoms with Crippen molar-refractivity contribution in [1.82, 2.24) is 0 Å². The lowest BCUT2D eigenvalue weighted by molar-refractivity contribution is 0.133. The third-order valence-corrected chi connectivity index (χ3v) is 4.75. The van der Waals surface area contributed by atoms with Gasteiger partial charge >= 0.3 is 8.69 Å². The Morgan fingerprint density at radius 3 is 2.21 bits per heavy atom. The van der Waals surface area contributed by atoms with Gasteiger partial charge in [-0.3, -0.25) is 0 Å². The summed E-state index contributed by atoms with van der Waals surface area (Å²) in [5, 5.41) is 9.40.